The zero-order valence-corrected chi connectivity index (χ0v) is 17.7. The van der Waals surface area contributed by atoms with Crippen molar-refractivity contribution in [3.05, 3.63) is 71.4 Å². The number of hydrogen-bond acceptors (Lipinski definition) is 4. The first kappa shape index (κ1) is 21.9. The molecule has 0 spiro atoms. The molecule has 0 bridgehead atoms. The second-order valence-corrected chi connectivity index (χ2v) is 9.35. The number of aromatic nitrogens is 2. The fourth-order valence-corrected chi connectivity index (χ4v) is 5.13. The highest BCUT2D eigenvalue weighted by atomic mass is 32.2. The molecule has 4 rings (SSSR count). The molecule has 11 heteroatoms. The Balaban J connectivity index is 1.61. The number of alkyl halides is 3. The summed E-state index contributed by atoms with van der Waals surface area (Å²) in [6, 6.07) is 12.4. The van der Waals surface area contributed by atoms with Gasteiger partial charge in [0.25, 0.3) is 5.91 Å². The van der Waals surface area contributed by atoms with Crippen LogP contribution in [0.3, 0.4) is 0 Å². The fourth-order valence-electron chi connectivity index (χ4n) is 3.57. The van der Waals surface area contributed by atoms with Gasteiger partial charge in [-0.15, -0.1) is 0 Å². The molecule has 168 valence electrons. The molecule has 2 heterocycles. The maximum Gasteiger partial charge on any atom is 0.418 e. The smallest absolute Gasteiger partial charge is 0.306 e. The Labute approximate surface area is 182 Å². The number of aryl methyl sites for hydroxylation is 1. The number of benzene rings is 2. The third-order valence-corrected chi connectivity index (χ3v) is 6.90. The van der Waals surface area contributed by atoms with Crippen molar-refractivity contribution in [2.24, 2.45) is 0 Å². The second kappa shape index (κ2) is 7.97. The molecule has 1 amide bonds. The van der Waals surface area contributed by atoms with Crippen LogP contribution in [0.15, 0.2) is 54.6 Å². The molecule has 1 saturated heterocycles. The minimum absolute atomic E-state index is 0.0791. The number of nitrogens with one attached hydrogen (secondary N) is 1. The van der Waals surface area contributed by atoms with E-state index in [-0.39, 0.29) is 22.8 Å². The number of para-hydroxylation sites is 1. The average Bonchev–Trinajstić information content (AvgIpc) is 3.28. The Morgan fingerprint density at radius 3 is 2.41 bits per heavy atom. The predicted molar refractivity (Wildman–Crippen MR) is 113 cm³/mol. The minimum Gasteiger partial charge on any atom is -0.306 e. The van der Waals surface area contributed by atoms with Crippen molar-refractivity contribution in [3.63, 3.8) is 0 Å². The monoisotopic (exact) mass is 464 g/mol. The van der Waals surface area contributed by atoms with E-state index in [1.807, 2.05) is 0 Å². The topological polar surface area (TPSA) is 84.3 Å². The molecule has 2 aromatic carbocycles. The van der Waals surface area contributed by atoms with E-state index >= 15 is 0 Å². The lowest BCUT2D eigenvalue weighted by atomic mass is 10.1. The zero-order chi connectivity index (χ0) is 23.1. The van der Waals surface area contributed by atoms with Crippen LogP contribution in [0.5, 0.6) is 0 Å². The number of halogens is 3. The molecule has 1 N–H and O–H groups in total. The lowest BCUT2D eigenvalue weighted by molar-refractivity contribution is -0.137. The first-order valence-corrected chi connectivity index (χ1v) is 11.3. The van der Waals surface area contributed by atoms with Gasteiger partial charge in [-0.1, -0.05) is 12.1 Å². The van der Waals surface area contributed by atoms with Gasteiger partial charge in [0, 0.05) is 18.2 Å². The van der Waals surface area contributed by atoms with E-state index in [9.17, 15) is 26.4 Å². The van der Waals surface area contributed by atoms with Crippen molar-refractivity contribution in [2.75, 3.05) is 21.9 Å². The van der Waals surface area contributed by atoms with Crippen LogP contribution in [0.25, 0.3) is 5.69 Å². The summed E-state index contributed by atoms with van der Waals surface area (Å²) in [7, 11) is -3.34. The van der Waals surface area contributed by atoms with Crippen LogP contribution in [0, 0.1) is 6.92 Å². The molecule has 32 heavy (non-hydrogen) atoms. The number of hydrogen-bond donors (Lipinski definition) is 1. The molecule has 7 nitrogen and oxygen atoms in total. The van der Waals surface area contributed by atoms with Crippen LogP contribution in [-0.4, -0.2) is 36.4 Å². The Bertz CT molecular complexity index is 1270. The predicted octanol–water partition coefficient (Wildman–Crippen LogP) is 3.99. The van der Waals surface area contributed by atoms with E-state index in [0.29, 0.717) is 24.3 Å². The highest BCUT2D eigenvalue weighted by Crippen LogP contribution is 2.34. The number of amides is 1. The quantitative estimate of drug-likeness (QED) is 0.633. The number of anilines is 2. The summed E-state index contributed by atoms with van der Waals surface area (Å²) in [5, 5.41) is 6.71. The number of carbonyl (C=O) groups excluding carboxylic acids is 1. The van der Waals surface area contributed by atoms with Gasteiger partial charge in [0.1, 0.15) is 5.82 Å². The van der Waals surface area contributed by atoms with Gasteiger partial charge in [-0.05, 0) is 49.7 Å². The van der Waals surface area contributed by atoms with Gasteiger partial charge in [-0.25, -0.2) is 13.1 Å². The largest absolute Gasteiger partial charge is 0.418 e. The average molecular weight is 464 g/mol. The lowest BCUT2D eigenvalue weighted by Crippen LogP contribution is -2.25. The van der Waals surface area contributed by atoms with Crippen molar-refractivity contribution >= 4 is 27.4 Å². The summed E-state index contributed by atoms with van der Waals surface area (Å²) < 4.78 is 66.8. The van der Waals surface area contributed by atoms with Crippen LogP contribution in [-0.2, 0) is 16.2 Å². The molecule has 1 aromatic heterocycles. The Kier molecular flexibility index (Phi) is 5.45. The van der Waals surface area contributed by atoms with E-state index < -0.39 is 27.7 Å². The lowest BCUT2D eigenvalue weighted by Gasteiger charge is -2.17. The molecular formula is C21H19F3N4O3S. The van der Waals surface area contributed by atoms with Crippen LogP contribution in [0.1, 0.15) is 28.0 Å². The van der Waals surface area contributed by atoms with Gasteiger partial charge < -0.3 is 5.32 Å². The fraction of sp³-hybridized carbons (Fsp3) is 0.238. The normalized spacial score (nSPS) is 15.7. The van der Waals surface area contributed by atoms with Crippen molar-refractivity contribution in [2.45, 2.75) is 19.5 Å². The summed E-state index contributed by atoms with van der Waals surface area (Å²) in [5.74, 6) is -0.403. The Hall–Kier alpha value is -3.34. The van der Waals surface area contributed by atoms with Gasteiger partial charge in [0.05, 0.1) is 28.4 Å². The number of sulfonamides is 1. The van der Waals surface area contributed by atoms with Gasteiger partial charge in [0.15, 0.2) is 0 Å². The van der Waals surface area contributed by atoms with Crippen LogP contribution in [0.4, 0.5) is 24.7 Å². The highest BCUT2D eigenvalue weighted by molar-refractivity contribution is 7.93. The molecule has 0 aliphatic carbocycles. The third kappa shape index (κ3) is 4.20. The molecule has 0 atom stereocenters. The highest BCUT2D eigenvalue weighted by Gasteiger charge is 2.34. The molecule has 3 aromatic rings. The van der Waals surface area contributed by atoms with E-state index in [1.54, 1.807) is 6.92 Å². The number of carbonyl (C=O) groups is 1. The number of nitrogens with zero attached hydrogens (tertiary/aromatic N) is 3. The summed E-state index contributed by atoms with van der Waals surface area (Å²) in [6.45, 7) is 1.98. The molecule has 1 aliphatic rings. The van der Waals surface area contributed by atoms with Gasteiger partial charge >= 0.3 is 6.18 Å². The summed E-state index contributed by atoms with van der Waals surface area (Å²) in [4.78, 5) is 12.7. The van der Waals surface area contributed by atoms with Crippen LogP contribution < -0.4 is 9.62 Å². The van der Waals surface area contributed by atoms with Gasteiger partial charge in [0.2, 0.25) is 10.0 Å². The van der Waals surface area contributed by atoms with Gasteiger partial charge in [-0.2, -0.15) is 18.3 Å². The van der Waals surface area contributed by atoms with E-state index in [1.165, 1.54) is 52.8 Å². The standard InChI is InChI=1S/C21H19F3N4O3S/c1-14-13-19(28(26-14)18-6-3-2-5-17(18)21(22,23)24)25-20(29)15-7-9-16(10-8-15)27-11-4-12-32(27,30)31/h2-3,5-10,13H,4,11-12H2,1H3,(H,25,29). The Morgan fingerprint density at radius 1 is 1.09 bits per heavy atom. The molecule has 0 unspecified atom stereocenters. The zero-order valence-electron chi connectivity index (χ0n) is 16.9. The van der Waals surface area contributed by atoms with E-state index in [4.69, 9.17) is 0 Å². The molecule has 1 fully saturated rings. The molecular weight excluding hydrogens is 445 g/mol. The molecule has 0 saturated carbocycles. The number of rotatable bonds is 4. The van der Waals surface area contributed by atoms with Crippen molar-refractivity contribution < 1.29 is 26.4 Å². The van der Waals surface area contributed by atoms with Crippen LogP contribution >= 0.6 is 0 Å². The maximum atomic E-state index is 13.4. The summed E-state index contributed by atoms with van der Waals surface area (Å²) >= 11 is 0. The first-order chi connectivity index (χ1) is 15.1. The first-order valence-electron chi connectivity index (χ1n) is 9.71. The van der Waals surface area contributed by atoms with Crippen LogP contribution in [0.2, 0.25) is 0 Å². The van der Waals surface area contributed by atoms with Crippen molar-refractivity contribution in [1.82, 2.24) is 9.78 Å². The maximum absolute atomic E-state index is 13.4. The second-order valence-electron chi connectivity index (χ2n) is 7.34. The van der Waals surface area contributed by atoms with Crippen molar-refractivity contribution in [3.8, 4) is 5.69 Å². The third-order valence-electron chi connectivity index (χ3n) is 5.03. The molecule has 0 radical (unpaired) electrons. The summed E-state index contributed by atoms with van der Waals surface area (Å²) in [5.41, 5.74) is 0.0125. The van der Waals surface area contributed by atoms with Crippen molar-refractivity contribution in [1.29, 1.82) is 0 Å². The van der Waals surface area contributed by atoms with E-state index in [0.717, 1.165) is 10.7 Å². The van der Waals surface area contributed by atoms with E-state index in [2.05, 4.69) is 10.4 Å². The SMILES string of the molecule is Cc1cc(NC(=O)c2ccc(N3CCCS3(=O)=O)cc2)n(-c2ccccc2C(F)(F)F)n1. The Morgan fingerprint density at radius 2 is 1.78 bits per heavy atom. The summed E-state index contributed by atoms with van der Waals surface area (Å²) in [6.07, 6.45) is -4.06. The molecule has 1 aliphatic heterocycles. The minimum atomic E-state index is -4.59. The van der Waals surface area contributed by atoms with Gasteiger partial charge in [-0.3, -0.25) is 9.10 Å².